The average molecular weight is 321 g/mol. The molecule has 1 heterocycles. The van der Waals surface area contributed by atoms with Crippen LogP contribution in [0.2, 0.25) is 4.34 Å². The van der Waals surface area contributed by atoms with Crippen LogP contribution in [-0.2, 0) is 9.53 Å². The predicted molar refractivity (Wildman–Crippen MR) is 79.4 cm³/mol. The van der Waals surface area contributed by atoms with Crippen LogP contribution in [0.3, 0.4) is 0 Å². The molecular formula is C14H9ClN2O3S. The van der Waals surface area contributed by atoms with Gasteiger partial charge in [0.15, 0.2) is 6.61 Å². The number of nitrogens with zero attached hydrogens (tertiary/aromatic N) is 1. The first-order valence-corrected chi connectivity index (χ1v) is 7.00. The van der Waals surface area contributed by atoms with Gasteiger partial charge in [-0.15, -0.1) is 11.3 Å². The molecule has 7 heteroatoms. The highest BCUT2D eigenvalue weighted by Crippen LogP contribution is 2.21. The van der Waals surface area contributed by atoms with E-state index in [1.54, 1.807) is 24.3 Å². The second-order valence-electron chi connectivity index (χ2n) is 3.92. The molecule has 106 valence electrons. The maximum atomic E-state index is 11.7. The van der Waals surface area contributed by atoms with E-state index in [1.807, 2.05) is 6.07 Å². The summed E-state index contributed by atoms with van der Waals surface area (Å²) in [5.41, 5.74) is 0.896. The molecule has 0 spiro atoms. The lowest BCUT2D eigenvalue weighted by Gasteiger charge is -2.06. The van der Waals surface area contributed by atoms with Gasteiger partial charge in [-0.2, -0.15) is 5.26 Å². The third-order valence-corrected chi connectivity index (χ3v) is 3.60. The summed E-state index contributed by atoms with van der Waals surface area (Å²) in [7, 11) is 0. The number of halogens is 1. The second kappa shape index (κ2) is 6.88. The van der Waals surface area contributed by atoms with Gasteiger partial charge >= 0.3 is 5.97 Å². The van der Waals surface area contributed by atoms with Crippen LogP contribution in [0.4, 0.5) is 5.69 Å². The molecule has 21 heavy (non-hydrogen) atoms. The zero-order valence-electron chi connectivity index (χ0n) is 10.6. The SMILES string of the molecule is N#Cc1cccc(NC(=O)COC(=O)c2ccc(Cl)s2)c1. The highest BCUT2D eigenvalue weighted by atomic mass is 35.5. The molecule has 0 fully saturated rings. The normalized spacial score (nSPS) is 9.71. The van der Waals surface area contributed by atoms with Crippen molar-refractivity contribution in [3.8, 4) is 6.07 Å². The second-order valence-corrected chi connectivity index (χ2v) is 5.64. The molecule has 2 rings (SSSR count). The van der Waals surface area contributed by atoms with Gasteiger partial charge < -0.3 is 10.1 Å². The van der Waals surface area contributed by atoms with Crippen molar-refractivity contribution in [3.63, 3.8) is 0 Å². The summed E-state index contributed by atoms with van der Waals surface area (Å²) in [4.78, 5) is 23.6. The average Bonchev–Trinajstić information content (AvgIpc) is 2.91. The molecule has 1 aromatic carbocycles. The number of benzene rings is 1. The molecule has 0 saturated heterocycles. The van der Waals surface area contributed by atoms with Crippen molar-refractivity contribution in [2.75, 3.05) is 11.9 Å². The summed E-state index contributed by atoms with van der Waals surface area (Å²) in [6, 6.07) is 11.5. The topological polar surface area (TPSA) is 79.2 Å². The highest BCUT2D eigenvalue weighted by molar-refractivity contribution is 7.17. The molecule has 5 nitrogen and oxygen atoms in total. The Morgan fingerprint density at radius 1 is 1.33 bits per heavy atom. The Balaban J connectivity index is 1.87. The van der Waals surface area contributed by atoms with Gasteiger partial charge in [-0.25, -0.2) is 4.79 Å². The molecule has 0 saturated carbocycles. The van der Waals surface area contributed by atoms with Crippen molar-refractivity contribution in [2.24, 2.45) is 0 Å². The summed E-state index contributed by atoms with van der Waals surface area (Å²) in [6.45, 7) is -0.412. The minimum atomic E-state index is -0.604. The number of rotatable bonds is 4. The van der Waals surface area contributed by atoms with Crippen molar-refractivity contribution in [2.45, 2.75) is 0 Å². The van der Waals surface area contributed by atoms with Crippen molar-refractivity contribution in [3.05, 3.63) is 51.2 Å². The molecule has 1 N–H and O–H groups in total. The lowest BCUT2D eigenvalue weighted by Crippen LogP contribution is -2.20. The number of nitriles is 1. The first-order valence-electron chi connectivity index (χ1n) is 5.81. The molecule has 0 unspecified atom stereocenters. The van der Waals surface area contributed by atoms with Crippen molar-refractivity contribution < 1.29 is 14.3 Å². The number of ether oxygens (including phenoxy) is 1. The van der Waals surface area contributed by atoms with Gasteiger partial charge in [0.25, 0.3) is 5.91 Å². The van der Waals surface area contributed by atoms with Gasteiger partial charge in [0.05, 0.1) is 16.0 Å². The van der Waals surface area contributed by atoms with Gasteiger partial charge in [-0.3, -0.25) is 4.79 Å². The molecule has 2 aromatic rings. The predicted octanol–water partition coefficient (Wildman–Crippen LogP) is 3.07. The Labute approximate surface area is 129 Å². The first kappa shape index (κ1) is 15.0. The minimum Gasteiger partial charge on any atom is -0.451 e. The number of thiophene rings is 1. The van der Waals surface area contributed by atoms with Gasteiger partial charge in [-0.1, -0.05) is 17.7 Å². The van der Waals surface area contributed by atoms with E-state index in [4.69, 9.17) is 21.6 Å². The van der Waals surface area contributed by atoms with E-state index >= 15 is 0 Å². The number of carbonyl (C=O) groups excluding carboxylic acids is 2. The zero-order chi connectivity index (χ0) is 15.2. The third kappa shape index (κ3) is 4.31. The molecule has 0 aliphatic heterocycles. The Kier molecular flexibility index (Phi) is 4.93. The fourth-order valence-corrected chi connectivity index (χ4v) is 2.43. The quantitative estimate of drug-likeness (QED) is 0.878. The minimum absolute atomic E-state index is 0.333. The van der Waals surface area contributed by atoms with Gasteiger partial charge in [-0.05, 0) is 30.3 Å². The van der Waals surface area contributed by atoms with Crippen molar-refractivity contribution in [1.82, 2.24) is 0 Å². The smallest absolute Gasteiger partial charge is 0.348 e. The Hall–Kier alpha value is -2.36. The fourth-order valence-electron chi connectivity index (χ4n) is 1.49. The number of esters is 1. The van der Waals surface area contributed by atoms with Crippen molar-refractivity contribution in [1.29, 1.82) is 5.26 Å². The van der Waals surface area contributed by atoms with Gasteiger partial charge in [0, 0.05) is 5.69 Å². The van der Waals surface area contributed by atoms with Crippen LogP contribution in [0, 0.1) is 11.3 Å². The van der Waals surface area contributed by atoms with E-state index in [0.717, 1.165) is 11.3 Å². The van der Waals surface area contributed by atoms with E-state index < -0.39 is 18.5 Å². The summed E-state index contributed by atoms with van der Waals surface area (Å²) >= 11 is 6.79. The maximum Gasteiger partial charge on any atom is 0.348 e. The van der Waals surface area contributed by atoms with Crippen LogP contribution in [0.25, 0.3) is 0 Å². The number of hydrogen-bond acceptors (Lipinski definition) is 5. The number of carbonyl (C=O) groups is 2. The van der Waals surface area contributed by atoms with Crippen LogP contribution in [-0.4, -0.2) is 18.5 Å². The van der Waals surface area contributed by atoms with E-state index in [1.165, 1.54) is 12.1 Å². The monoisotopic (exact) mass is 320 g/mol. The van der Waals surface area contributed by atoms with E-state index in [0.29, 0.717) is 20.5 Å². The van der Waals surface area contributed by atoms with Crippen LogP contribution >= 0.6 is 22.9 Å². The largest absolute Gasteiger partial charge is 0.451 e. The molecule has 1 amide bonds. The highest BCUT2D eigenvalue weighted by Gasteiger charge is 2.12. The lowest BCUT2D eigenvalue weighted by atomic mass is 10.2. The molecule has 0 bridgehead atoms. The van der Waals surface area contributed by atoms with Crippen LogP contribution in [0.15, 0.2) is 36.4 Å². The fraction of sp³-hybridized carbons (Fsp3) is 0.0714. The number of nitrogens with one attached hydrogen (secondary N) is 1. The first-order chi connectivity index (χ1) is 10.1. The summed E-state index contributed by atoms with van der Waals surface area (Å²) < 4.78 is 5.34. The maximum absolute atomic E-state index is 11.7. The summed E-state index contributed by atoms with van der Waals surface area (Å²) in [5.74, 6) is -1.09. The number of amides is 1. The standard InChI is InChI=1S/C14H9ClN2O3S/c15-12-5-4-11(21-12)14(19)20-8-13(18)17-10-3-1-2-9(6-10)7-16/h1-6H,8H2,(H,17,18). The molecule has 0 aliphatic carbocycles. The number of hydrogen-bond donors (Lipinski definition) is 1. The lowest BCUT2D eigenvalue weighted by molar-refractivity contribution is -0.119. The Bertz CT molecular complexity index is 721. The Morgan fingerprint density at radius 2 is 2.14 bits per heavy atom. The van der Waals surface area contributed by atoms with Crippen LogP contribution < -0.4 is 5.32 Å². The third-order valence-electron chi connectivity index (χ3n) is 2.38. The zero-order valence-corrected chi connectivity index (χ0v) is 12.2. The van der Waals surface area contributed by atoms with Crippen LogP contribution in [0.1, 0.15) is 15.2 Å². The molecular weight excluding hydrogens is 312 g/mol. The molecule has 0 aliphatic rings. The van der Waals surface area contributed by atoms with Crippen LogP contribution in [0.5, 0.6) is 0 Å². The molecule has 0 atom stereocenters. The van der Waals surface area contributed by atoms with Crippen molar-refractivity contribution >= 4 is 40.5 Å². The molecule has 1 aromatic heterocycles. The Morgan fingerprint density at radius 3 is 2.81 bits per heavy atom. The van der Waals surface area contributed by atoms with E-state index in [-0.39, 0.29) is 0 Å². The van der Waals surface area contributed by atoms with E-state index in [9.17, 15) is 9.59 Å². The summed E-state index contributed by atoms with van der Waals surface area (Å²) in [6.07, 6.45) is 0. The number of anilines is 1. The van der Waals surface area contributed by atoms with E-state index in [2.05, 4.69) is 5.32 Å². The van der Waals surface area contributed by atoms with Gasteiger partial charge in [0.2, 0.25) is 0 Å². The van der Waals surface area contributed by atoms with Gasteiger partial charge in [0.1, 0.15) is 4.88 Å². The molecule has 0 radical (unpaired) electrons. The summed E-state index contributed by atoms with van der Waals surface area (Å²) in [5, 5.41) is 11.3.